The van der Waals surface area contributed by atoms with Crippen LogP contribution in [0, 0.1) is 0 Å². The number of morpholine rings is 1. The van der Waals surface area contributed by atoms with E-state index in [4.69, 9.17) is 9.47 Å². The van der Waals surface area contributed by atoms with Gasteiger partial charge in [0.05, 0.1) is 44.1 Å². The van der Waals surface area contributed by atoms with Crippen molar-refractivity contribution in [3.8, 4) is 11.4 Å². The first-order valence-electron chi connectivity index (χ1n) is 9.80. The average Bonchev–Trinajstić information content (AvgIpc) is 3.48. The van der Waals surface area contributed by atoms with Gasteiger partial charge in [0, 0.05) is 30.2 Å². The van der Waals surface area contributed by atoms with E-state index < -0.39 is 0 Å². The Bertz CT molecular complexity index is 1210. The van der Waals surface area contributed by atoms with Gasteiger partial charge in [-0.3, -0.25) is 0 Å². The third kappa shape index (κ3) is 4.09. The molecule has 0 amide bonds. The van der Waals surface area contributed by atoms with E-state index in [1.165, 1.54) is 6.33 Å². The van der Waals surface area contributed by atoms with E-state index in [0.717, 1.165) is 53.1 Å². The number of hydrogen-bond acceptors (Lipinski definition) is 10. The van der Waals surface area contributed by atoms with Crippen molar-refractivity contribution in [2.24, 2.45) is 10.2 Å². The van der Waals surface area contributed by atoms with Gasteiger partial charge in [-0.25, -0.2) is 19.6 Å². The molecule has 0 atom stereocenters. The predicted octanol–water partition coefficient (Wildman–Crippen LogP) is 3.40. The summed E-state index contributed by atoms with van der Waals surface area (Å²) in [6, 6.07) is 7.62. The summed E-state index contributed by atoms with van der Waals surface area (Å²) in [5, 5.41) is 14.9. The number of methoxy groups -OCH3 is 1. The molecule has 1 aliphatic rings. The summed E-state index contributed by atoms with van der Waals surface area (Å²) in [5.41, 5.74) is 1.50. The van der Waals surface area contributed by atoms with Crippen LogP contribution in [0.3, 0.4) is 0 Å². The Labute approximate surface area is 182 Å². The lowest BCUT2D eigenvalue weighted by Gasteiger charge is -2.25. The summed E-state index contributed by atoms with van der Waals surface area (Å²) >= 11 is 1.63. The van der Waals surface area contributed by atoms with Crippen LogP contribution in [0.25, 0.3) is 16.7 Å². The molecule has 1 aliphatic heterocycles. The fourth-order valence-corrected chi connectivity index (χ4v) is 4.17. The van der Waals surface area contributed by atoms with E-state index >= 15 is 0 Å². The fraction of sp³-hybridized carbons (Fsp3) is 0.300. The Kier molecular flexibility index (Phi) is 5.50. The number of hydrogen-bond donors (Lipinski definition) is 0. The van der Waals surface area contributed by atoms with Crippen molar-refractivity contribution < 1.29 is 9.47 Å². The Balaban J connectivity index is 1.34. The number of fused-ring (bicyclic) bond motifs is 1. The van der Waals surface area contributed by atoms with Crippen LogP contribution in [0.5, 0.6) is 5.75 Å². The lowest BCUT2D eigenvalue weighted by molar-refractivity contribution is 0.122. The highest BCUT2D eigenvalue weighted by atomic mass is 32.1. The molecule has 31 heavy (non-hydrogen) atoms. The van der Waals surface area contributed by atoms with Crippen LogP contribution < -0.4 is 9.64 Å². The molecule has 3 aromatic heterocycles. The lowest BCUT2D eigenvalue weighted by Crippen LogP contribution is -2.36. The number of benzene rings is 1. The smallest absolute Gasteiger partial charge is 0.188 e. The van der Waals surface area contributed by atoms with Crippen LogP contribution in [0.2, 0.25) is 0 Å². The molecule has 4 aromatic rings. The molecule has 1 fully saturated rings. The average molecular weight is 437 g/mol. The molecule has 1 saturated heterocycles. The molecule has 0 aliphatic carbocycles. The van der Waals surface area contributed by atoms with Gasteiger partial charge < -0.3 is 14.4 Å². The Morgan fingerprint density at radius 2 is 2.06 bits per heavy atom. The summed E-state index contributed by atoms with van der Waals surface area (Å²) in [4.78, 5) is 16.4. The molecule has 4 heterocycles. The minimum absolute atomic E-state index is 0.442. The Morgan fingerprint density at radius 3 is 2.94 bits per heavy atom. The zero-order valence-corrected chi connectivity index (χ0v) is 17.7. The number of azo groups is 1. The number of thiazole rings is 1. The first-order chi connectivity index (χ1) is 15.3. The van der Waals surface area contributed by atoms with Crippen LogP contribution in [-0.4, -0.2) is 58.1 Å². The molecule has 0 radical (unpaired) electrons. The second kappa shape index (κ2) is 8.74. The van der Waals surface area contributed by atoms with Gasteiger partial charge in [0.15, 0.2) is 16.6 Å². The van der Waals surface area contributed by atoms with E-state index in [1.807, 2.05) is 30.5 Å². The van der Waals surface area contributed by atoms with Gasteiger partial charge in [-0.1, -0.05) is 17.4 Å². The van der Waals surface area contributed by atoms with Crippen LogP contribution in [0.1, 0.15) is 4.88 Å². The number of anilines is 1. The summed E-state index contributed by atoms with van der Waals surface area (Å²) in [6.45, 7) is 3.65. The number of rotatable bonds is 6. The molecule has 0 saturated carbocycles. The molecule has 5 rings (SSSR count). The van der Waals surface area contributed by atoms with Crippen molar-refractivity contribution in [3.05, 3.63) is 47.9 Å². The first kappa shape index (κ1) is 19.5. The summed E-state index contributed by atoms with van der Waals surface area (Å²) < 4.78 is 12.4. The zero-order valence-electron chi connectivity index (χ0n) is 16.9. The normalized spacial score (nSPS) is 14.5. The molecule has 158 valence electrons. The summed E-state index contributed by atoms with van der Waals surface area (Å²) in [5.74, 6) is 1.23. The van der Waals surface area contributed by atoms with Gasteiger partial charge in [0.2, 0.25) is 0 Å². The minimum atomic E-state index is 0.442. The second-order valence-corrected chi connectivity index (χ2v) is 7.89. The highest BCUT2D eigenvalue weighted by Crippen LogP contribution is 2.27. The monoisotopic (exact) mass is 436 g/mol. The minimum Gasteiger partial charge on any atom is -0.497 e. The van der Waals surface area contributed by atoms with Gasteiger partial charge in [-0.15, -0.1) is 5.11 Å². The summed E-state index contributed by atoms with van der Waals surface area (Å²) in [7, 11) is 1.63. The largest absolute Gasteiger partial charge is 0.497 e. The molecule has 0 unspecified atom stereocenters. The van der Waals surface area contributed by atoms with Crippen LogP contribution in [-0.2, 0) is 11.3 Å². The van der Waals surface area contributed by atoms with Gasteiger partial charge in [-0.05, 0) is 12.1 Å². The highest BCUT2D eigenvalue weighted by Gasteiger charge is 2.15. The predicted molar refractivity (Wildman–Crippen MR) is 117 cm³/mol. The van der Waals surface area contributed by atoms with Crippen LogP contribution in [0.15, 0.2) is 53.2 Å². The van der Waals surface area contributed by atoms with Crippen LogP contribution >= 0.6 is 11.3 Å². The van der Waals surface area contributed by atoms with Gasteiger partial charge >= 0.3 is 0 Å². The molecule has 0 N–H and O–H groups in total. The van der Waals surface area contributed by atoms with Gasteiger partial charge in [0.1, 0.15) is 12.1 Å². The number of nitrogens with zero attached hydrogens (tertiary/aromatic N) is 8. The Hall–Kier alpha value is -3.44. The standard InChI is InChI=1S/C20H20N8O2S/c1-29-15-4-2-3-14(9-15)28-19-17(12-25-28)18(22-13-23-19)26-24-11-16-10-21-20(31-16)27-5-7-30-8-6-27/h2-4,9-10,12-13H,5-8,11H2,1H3. The maximum Gasteiger partial charge on any atom is 0.188 e. The Morgan fingerprint density at radius 1 is 1.16 bits per heavy atom. The molecule has 0 spiro atoms. The molecule has 11 heteroatoms. The van der Waals surface area contributed by atoms with E-state index in [-0.39, 0.29) is 0 Å². The van der Waals surface area contributed by atoms with Crippen molar-refractivity contribution in [1.29, 1.82) is 0 Å². The van der Waals surface area contributed by atoms with E-state index in [1.54, 1.807) is 29.3 Å². The van der Waals surface area contributed by atoms with Crippen molar-refractivity contribution in [2.75, 3.05) is 38.3 Å². The van der Waals surface area contributed by atoms with Crippen molar-refractivity contribution >= 4 is 33.3 Å². The van der Waals surface area contributed by atoms with E-state index in [9.17, 15) is 0 Å². The molecule has 10 nitrogen and oxygen atoms in total. The SMILES string of the molecule is COc1cccc(-n2ncc3c(N=NCc4cnc(N5CCOCC5)s4)ncnc32)c1. The summed E-state index contributed by atoms with van der Waals surface area (Å²) in [6.07, 6.45) is 5.02. The maximum absolute atomic E-state index is 5.40. The molecular formula is C20H20N8O2S. The second-order valence-electron chi connectivity index (χ2n) is 6.80. The number of ether oxygens (including phenoxy) is 2. The third-order valence-corrected chi connectivity index (χ3v) is 5.90. The maximum atomic E-state index is 5.40. The van der Waals surface area contributed by atoms with E-state index in [2.05, 4.69) is 35.2 Å². The molecular weight excluding hydrogens is 416 g/mol. The van der Waals surface area contributed by atoms with Crippen LogP contribution in [0.4, 0.5) is 10.9 Å². The third-order valence-electron chi connectivity index (χ3n) is 4.86. The fourth-order valence-electron chi connectivity index (χ4n) is 3.29. The quantitative estimate of drug-likeness (QED) is 0.427. The lowest BCUT2D eigenvalue weighted by atomic mass is 10.3. The van der Waals surface area contributed by atoms with Crippen molar-refractivity contribution in [3.63, 3.8) is 0 Å². The van der Waals surface area contributed by atoms with E-state index in [0.29, 0.717) is 18.0 Å². The topological polar surface area (TPSA) is 103 Å². The first-order valence-corrected chi connectivity index (χ1v) is 10.6. The van der Waals surface area contributed by atoms with Gasteiger partial charge in [-0.2, -0.15) is 10.2 Å². The molecule has 0 bridgehead atoms. The highest BCUT2D eigenvalue weighted by molar-refractivity contribution is 7.15. The number of aromatic nitrogens is 5. The van der Waals surface area contributed by atoms with Gasteiger partial charge in [0.25, 0.3) is 0 Å². The zero-order chi connectivity index (χ0) is 21.0. The van der Waals surface area contributed by atoms with Crippen molar-refractivity contribution in [2.45, 2.75) is 6.54 Å². The van der Waals surface area contributed by atoms with Crippen molar-refractivity contribution in [1.82, 2.24) is 24.7 Å². The molecule has 1 aromatic carbocycles.